The molecule has 30 heavy (non-hydrogen) atoms. The Morgan fingerprint density at radius 1 is 1.10 bits per heavy atom. The van der Waals surface area contributed by atoms with Gasteiger partial charge in [0.15, 0.2) is 0 Å². The second-order valence-corrected chi connectivity index (χ2v) is 9.09. The fraction of sp³-hybridized carbons (Fsp3) is 0.143. The van der Waals surface area contributed by atoms with Gasteiger partial charge in [-0.05, 0) is 42.8 Å². The summed E-state index contributed by atoms with van der Waals surface area (Å²) >= 11 is 9.79. The lowest BCUT2D eigenvalue weighted by molar-refractivity contribution is -0.124. The average Bonchev–Trinajstić information content (AvgIpc) is 2.99. The number of rotatable bonds is 5. The first-order chi connectivity index (χ1) is 14.3. The zero-order valence-electron chi connectivity index (χ0n) is 16.0. The fourth-order valence-corrected chi connectivity index (χ4v) is 4.16. The molecule has 1 saturated heterocycles. The van der Waals surface area contributed by atoms with Crippen molar-refractivity contribution in [3.8, 4) is 0 Å². The van der Waals surface area contributed by atoms with Gasteiger partial charge in [0, 0.05) is 23.0 Å². The van der Waals surface area contributed by atoms with Gasteiger partial charge in [-0.25, -0.2) is 0 Å². The number of hydrazine groups is 1. The van der Waals surface area contributed by atoms with E-state index >= 15 is 0 Å². The number of hydrogen-bond acceptors (Lipinski definition) is 5. The predicted octanol–water partition coefficient (Wildman–Crippen LogP) is 3.81. The third kappa shape index (κ3) is 5.78. The normalized spacial score (nSPS) is 14.9. The monoisotopic (exact) mass is 503 g/mol. The molecule has 154 valence electrons. The summed E-state index contributed by atoms with van der Waals surface area (Å²) in [7, 11) is 0. The van der Waals surface area contributed by atoms with E-state index < -0.39 is 11.8 Å². The number of thiocarbonyl (C=S) groups is 1. The number of benzene rings is 2. The van der Waals surface area contributed by atoms with Crippen LogP contribution in [0.25, 0.3) is 6.08 Å². The Kier molecular flexibility index (Phi) is 7.41. The Balaban J connectivity index is 1.51. The molecule has 0 saturated carbocycles. The van der Waals surface area contributed by atoms with Crippen LogP contribution in [0.1, 0.15) is 27.9 Å². The summed E-state index contributed by atoms with van der Waals surface area (Å²) < 4.78 is 1.26. The Hall–Kier alpha value is -2.49. The van der Waals surface area contributed by atoms with Crippen molar-refractivity contribution in [2.45, 2.75) is 13.3 Å². The second kappa shape index (κ2) is 10.0. The van der Waals surface area contributed by atoms with Gasteiger partial charge in [-0.2, -0.15) is 0 Å². The maximum atomic E-state index is 12.6. The number of carbonyl (C=O) groups is 3. The lowest BCUT2D eigenvalue weighted by Gasteiger charge is -2.14. The van der Waals surface area contributed by atoms with Gasteiger partial charge in [0.05, 0.1) is 4.91 Å². The highest BCUT2D eigenvalue weighted by atomic mass is 79.9. The standard InChI is InChI=1S/C21H18BrN3O3S2/c1-13-2-4-14(5-3-13)12-17-20(28)25(21(29)30-17)11-10-18(26)23-24-19(27)15-6-8-16(22)9-7-15/h2-9,12H,10-11H2,1H3,(H,23,26)(H,24,27)/b17-12-. The van der Waals surface area contributed by atoms with Crippen LogP contribution in [-0.4, -0.2) is 33.5 Å². The molecule has 2 aromatic carbocycles. The molecule has 0 bridgehead atoms. The lowest BCUT2D eigenvalue weighted by Crippen LogP contribution is -2.43. The molecule has 0 unspecified atom stereocenters. The number of aryl methyl sites for hydroxylation is 1. The van der Waals surface area contributed by atoms with Crippen molar-refractivity contribution in [1.82, 2.24) is 15.8 Å². The van der Waals surface area contributed by atoms with Crippen molar-refractivity contribution in [3.05, 3.63) is 74.6 Å². The van der Waals surface area contributed by atoms with Gasteiger partial charge in [-0.1, -0.05) is 69.7 Å². The quantitative estimate of drug-likeness (QED) is 0.368. The van der Waals surface area contributed by atoms with Crippen molar-refractivity contribution in [2.75, 3.05) is 6.54 Å². The van der Waals surface area contributed by atoms with E-state index in [4.69, 9.17) is 12.2 Å². The summed E-state index contributed by atoms with van der Waals surface area (Å²) in [5, 5.41) is 0. The van der Waals surface area contributed by atoms with E-state index in [9.17, 15) is 14.4 Å². The number of nitrogens with zero attached hydrogens (tertiary/aromatic N) is 1. The van der Waals surface area contributed by atoms with Crippen LogP contribution in [0.4, 0.5) is 0 Å². The van der Waals surface area contributed by atoms with Gasteiger partial charge in [0.25, 0.3) is 11.8 Å². The van der Waals surface area contributed by atoms with Crippen LogP contribution in [0, 0.1) is 6.92 Å². The molecule has 6 nitrogen and oxygen atoms in total. The third-order valence-corrected chi connectivity index (χ3v) is 6.14. The number of amides is 3. The second-order valence-electron chi connectivity index (χ2n) is 6.50. The van der Waals surface area contributed by atoms with Crippen molar-refractivity contribution in [1.29, 1.82) is 0 Å². The molecule has 1 aliphatic rings. The van der Waals surface area contributed by atoms with Gasteiger partial charge >= 0.3 is 0 Å². The van der Waals surface area contributed by atoms with Gasteiger partial charge in [0.2, 0.25) is 5.91 Å². The van der Waals surface area contributed by atoms with Gasteiger partial charge in [0.1, 0.15) is 4.32 Å². The van der Waals surface area contributed by atoms with Crippen LogP contribution < -0.4 is 10.9 Å². The molecule has 1 fully saturated rings. The zero-order chi connectivity index (χ0) is 21.7. The molecule has 1 aliphatic heterocycles. The molecule has 2 aromatic rings. The lowest BCUT2D eigenvalue weighted by atomic mass is 10.1. The van der Waals surface area contributed by atoms with Gasteiger partial charge in [-0.3, -0.25) is 30.1 Å². The minimum atomic E-state index is -0.428. The van der Waals surface area contributed by atoms with Crippen LogP contribution in [0.5, 0.6) is 0 Å². The van der Waals surface area contributed by atoms with Crippen LogP contribution in [0.3, 0.4) is 0 Å². The number of carbonyl (C=O) groups excluding carboxylic acids is 3. The van der Waals surface area contributed by atoms with Gasteiger partial charge < -0.3 is 0 Å². The Bertz CT molecular complexity index is 1020. The highest BCUT2D eigenvalue weighted by molar-refractivity contribution is 9.10. The SMILES string of the molecule is Cc1ccc(/C=C2\SC(=S)N(CCC(=O)NNC(=O)c3ccc(Br)cc3)C2=O)cc1. The van der Waals surface area contributed by atoms with Crippen LogP contribution in [0.15, 0.2) is 57.9 Å². The van der Waals surface area contributed by atoms with Crippen LogP contribution in [0.2, 0.25) is 0 Å². The summed E-state index contributed by atoms with van der Waals surface area (Å²) in [5.41, 5.74) is 7.17. The van der Waals surface area contributed by atoms with Crippen LogP contribution >= 0.6 is 39.9 Å². The van der Waals surface area contributed by atoms with E-state index in [1.807, 2.05) is 31.2 Å². The minimum Gasteiger partial charge on any atom is -0.292 e. The van der Waals surface area contributed by atoms with Crippen LogP contribution in [-0.2, 0) is 9.59 Å². The first-order valence-electron chi connectivity index (χ1n) is 9.00. The number of thioether (sulfide) groups is 1. The molecule has 9 heteroatoms. The molecular weight excluding hydrogens is 486 g/mol. The Labute approximate surface area is 192 Å². The number of nitrogens with one attached hydrogen (secondary N) is 2. The third-order valence-electron chi connectivity index (χ3n) is 4.23. The van der Waals surface area contributed by atoms with E-state index in [0.717, 1.165) is 15.6 Å². The van der Waals surface area contributed by atoms with Gasteiger partial charge in [-0.15, -0.1) is 0 Å². The van der Waals surface area contributed by atoms with E-state index in [0.29, 0.717) is 14.8 Å². The molecule has 0 radical (unpaired) electrons. The maximum Gasteiger partial charge on any atom is 0.269 e. The molecule has 0 aromatic heterocycles. The number of halogens is 1. The molecule has 3 amide bonds. The largest absolute Gasteiger partial charge is 0.292 e. The summed E-state index contributed by atoms with van der Waals surface area (Å²) in [4.78, 5) is 38.6. The molecule has 1 heterocycles. The average molecular weight is 504 g/mol. The summed E-state index contributed by atoms with van der Waals surface area (Å²) in [6, 6.07) is 14.5. The molecule has 2 N–H and O–H groups in total. The topological polar surface area (TPSA) is 78.5 Å². The highest BCUT2D eigenvalue weighted by Crippen LogP contribution is 2.32. The van der Waals surface area contributed by atoms with E-state index in [1.54, 1.807) is 30.3 Å². The Morgan fingerprint density at radius 2 is 1.77 bits per heavy atom. The van der Waals surface area contributed by atoms with Crippen molar-refractivity contribution in [2.24, 2.45) is 0 Å². The first kappa shape index (κ1) is 22.2. The molecule has 0 atom stereocenters. The summed E-state index contributed by atoms with van der Waals surface area (Å²) in [6.45, 7) is 2.13. The molecule has 0 aliphatic carbocycles. The predicted molar refractivity (Wildman–Crippen MR) is 125 cm³/mol. The number of hydrogen-bond donors (Lipinski definition) is 2. The summed E-state index contributed by atoms with van der Waals surface area (Å²) in [6.07, 6.45) is 1.79. The zero-order valence-corrected chi connectivity index (χ0v) is 19.2. The summed E-state index contributed by atoms with van der Waals surface area (Å²) in [5.74, 6) is -1.07. The molecule has 0 spiro atoms. The minimum absolute atomic E-state index is 0.00483. The molecular formula is C21H18BrN3O3S2. The smallest absolute Gasteiger partial charge is 0.269 e. The van der Waals surface area contributed by atoms with Crippen molar-refractivity contribution >= 4 is 68.0 Å². The van der Waals surface area contributed by atoms with Crippen molar-refractivity contribution in [3.63, 3.8) is 0 Å². The highest BCUT2D eigenvalue weighted by Gasteiger charge is 2.32. The maximum absolute atomic E-state index is 12.6. The fourth-order valence-electron chi connectivity index (χ4n) is 2.58. The van der Waals surface area contributed by atoms with E-state index in [-0.39, 0.29) is 18.9 Å². The van der Waals surface area contributed by atoms with E-state index in [2.05, 4.69) is 26.8 Å². The van der Waals surface area contributed by atoms with E-state index in [1.165, 1.54) is 16.7 Å². The first-order valence-corrected chi connectivity index (χ1v) is 11.0. The Morgan fingerprint density at radius 3 is 2.43 bits per heavy atom. The molecule has 3 rings (SSSR count). The van der Waals surface area contributed by atoms with Crippen molar-refractivity contribution < 1.29 is 14.4 Å².